The van der Waals surface area contributed by atoms with E-state index in [2.05, 4.69) is 4.89 Å². The lowest BCUT2D eigenvalue weighted by Crippen LogP contribution is -2.35. The zero-order valence-corrected chi connectivity index (χ0v) is 13.3. The number of methoxy groups -OCH3 is 1. The van der Waals surface area contributed by atoms with Crippen LogP contribution in [0.3, 0.4) is 0 Å². The van der Waals surface area contributed by atoms with E-state index in [9.17, 15) is 9.90 Å². The van der Waals surface area contributed by atoms with Gasteiger partial charge in [0.15, 0.2) is 0 Å². The molecule has 0 saturated carbocycles. The Balaban J connectivity index is 2.61. The van der Waals surface area contributed by atoms with Crippen molar-refractivity contribution in [3.8, 4) is 0 Å². The summed E-state index contributed by atoms with van der Waals surface area (Å²) >= 11 is 0. The van der Waals surface area contributed by atoms with Crippen molar-refractivity contribution in [3.05, 3.63) is 23.8 Å². The molecule has 1 rings (SSSR count). The molecule has 0 radical (unpaired) electrons. The van der Waals surface area contributed by atoms with Crippen LogP contribution >= 0.6 is 0 Å². The molecule has 0 heterocycles. The maximum atomic E-state index is 11.4. The number of rotatable bonds is 6. The van der Waals surface area contributed by atoms with Gasteiger partial charge in [-0.15, -0.1) is 0 Å². The van der Waals surface area contributed by atoms with E-state index in [0.29, 0.717) is 24.8 Å². The highest BCUT2D eigenvalue weighted by Crippen LogP contribution is 2.34. The van der Waals surface area contributed by atoms with Crippen molar-refractivity contribution in [1.82, 2.24) is 0 Å². The van der Waals surface area contributed by atoms with Crippen molar-refractivity contribution >= 4 is 5.97 Å². The Kier molecular flexibility index (Phi) is 6.13. The lowest BCUT2D eigenvalue weighted by molar-refractivity contribution is -0.297. The Labute approximate surface area is 126 Å². The normalized spacial score (nSPS) is 22.8. The largest absolute Gasteiger partial charge is 0.466 e. The van der Waals surface area contributed by atoms with E-state index < -0.39 is 11.2 Å². The van der Waals surface area contributed by atoms with E-state index in [4.69, 9.17) is 9.99 Å². The lowest BCUT2D eigenvalue weighted by Gasteiger charge is -2.34. The molecule has 0 spiro atoms. The Hall–Kier alpha value is -1.17. The molecule has 0 bridgehead atoms. The zero-order valence-electron chi connectivity index (χ0n) is 13.3. The minimum absolute atomic E-state index is 0.0914. The first-order valence-corrected chi connectivity index (χ1v) is 7.22. The molecular formula is C16H26O5. The third kappa shape index (κ3) is 5.26. The van der Waals surface area contributed by atoms with E-state index in [1.54, 1.807) is 26.8 Å². The van der Waals surface area contributed by atoms with Crippen LogP contribution in [0, 0.1) is 5.92 Å². The Morgan fingerprint density at radius 2 is 2.14 bits per heavy atom. The quantitative estimate of drug-likeness (QED) is 0.341. The molecule has 1 aliphatic carbocycles. The highest BCUT2D eigenvalue weighted by atomic mass is 17.1. The number of hydrogen-bond acceptors (Lipinski definition) is 5. The van der Waals surface area contributed by atoms with Gasteiger partial charge in [-0.2, -0.15) is 0 Å². The van der Waals surface area contributed by atoms with Crippen LogP contribution in [0.15, 0.2) is 23.8 Å². The van der Waals surface area contributed by atoms with Gasteiger partial charge < -0.3 is 9.84 Å². The maximum Gasteiger partial charge on any atom is 0.333 e. The Morgan fingerprint density at radius 1 is 1.48 bits per heavy atom. The summed E-state index contributed by atoms with van der Waals surface area (Å²) in [7, 11) is 1.38. The second-order valence-corrected chi connectivity index (χ2v) is 6.35. The molecule has 0 aliphatic heterocycles. The fraction of sp³-hybridized carbons (Fsp3) is 0.688. The van der Waals surface area contributed by atoms with E-state index in [-0.39, 0.29) is 11.9 Å². The summed E-state index contributed by atoms with van der Waals surface area (Å²) in [5.74, 6) is -0.191. The standard InChI is InChI=1S/C16H26O5/c1-15(2,21-19)10-5-11-16(3,18)13-8-6-12(7-9-13)14(17)20-4/h5-6,10,13,18-19H,7-9,11H2,1-4H3/b10-5+/t13-,16+/m1/s1. The number of esters is 1. The molecule has 0 aromatic heterocycles. The van der Waals surface area contributed by atoms with Crippen LogP contribution in [0.4, 0.5) is 0 Å². The molecule has 5 nitrogen and oxygen atoms in total. The van der Waals surface area contributed by atoms with Gasteiger partial charge in [-0.3, -0.25) is 5.26 Å². The summed E-state index contributed by atoms with van der Waals surface area (Å²) in [5.41, 5.74) is -0.934. The fourth-order valence-electron chi connectivity index (χ4n) is 2.49. The molecule has 0 aromatic carbocycles. The third-order valence-electron chi connectivity index (χ3n) is 4.02. The summed E-state index contributed by atoms with van der Waals surface area (Å²) in [6.45, 7) is 5.25. The smallest absolute Gasteiger partial charge is 0.333 e. The van der Waals surface area contributed by atoms with Gasteiger partial charge in [0.2, 0.25) is 0 Å². The summed E-state index contributed by atoms with van der Waals surface area (Å²) in [6.07, 6.45) is 7.90. The predicted molar refractivity (Wildman–Crippen MR) is 79.6 cm³/mol. The van der Waals surface area contributed by atoms with Gasteiger partial charge in [0, 0.05) is 5.57 Å². The summed E-state index contributed by atoms with van der Waals surface area (Å²) in [6, 6.07) is 0. The molecule has 2 atom stereocenters. The molecule has 0 aromatic rings. The Bertz CT molecular complexity index is 420. The number of allylic oxidation sites excluding steroid dienone is 1. The topological polar surface area (TPSA) is 76.0 Å². The van der Waals surface area contributed by atoms with Gasteiger partial charge in [0.25, 0.3) is 0 Å². The van der Waals surface area contributed by atoms with Crippen molar-refractivity contribution in [2.24, 2.45) is 5.92 Å². The molecule has 120 valence electrons. The van der Waals surface area contributed by atoms with Crippen molar-refractivity contribution in [2.75, 3.05) is 7.11 Å². The van der Waals surface area contributed by atoms with E-state index in [1.165, 1.54) is 7.11 Å². The third-order valence-corrected chi connectivity index (χ3v) is 4.02. The second-order valence-electron chi connectivity index (χ2n) is 6.35. The highest BCUT2D eigenvalue weighted by Gasteiger charge is 2.33. The van der Waals surface area contributed by atoms with Crippen LogP contribution in [0.5, 0.6) is 0 Å². The van der Waals surface area contributed by atoms with Crippen molar-refractivity contribution in [3.63, 3.8) is 0 Å². The average molecular weight is 298 g/mol. The SMILES string of the molecule is COC(=O)C1=CC[C@@H]([C@@](C)(O)C/C=C/C(C)(C)OO)CC1. The van der Waals surface area contributed by atoms with Crippen LogP contribution in [0.25, 0.3) is 0 Å². The number of hydrogen-bond donors (Lipinski definition) is 2. The zero-order chi connectivity index (χ0) is 16.1. The molecule has 21 heavy (non-hydrogen) atoms. The first kappa shape index (κ1) is 17.9. The molecule has 0 fully saturated rings. The lowest BCUT2D eigenvalue weighted by atomic mass is 9.77. The minimum atomic E-state index is -0.861. The van der Waals surface area contributed by atoms with Crippen molar-refractivity contribution < 1.29 is 24.8 Å². The molecule has 0 amide bonds. The molecule has 1 aliphatic rings. The predicted octanol–water partition coefficient (Wildman–Crippen LogP) is 2.85. The average Bonchev–Trinajstić information content (AvgIpc) is 2.46. The number of aliphatic hydroxyl groups is 1. The molecule has 0 saturated heterocycles. The van der Waals surface area contributed by atoms with Gasteiger partial charge in [0.1, 0.15) is 5.60 Å². The first-order valence-electron chi connectivity index (χ1n) is 7.22. The summed E-state index contributed by atoms with van der Waals surface area (Å²) in [4.78, 5) is 15.8. The maximum absolute atomic E-state index is 11.4. The van der Waals surface area contributed by atoms with Crippen LogP contribution in [-0.2, 0) is 14.4 Å². The van der Waals surface area contributed by atoms with Crippen molar-refractivity contribution in [1.29, 1.82) is 0 Å². The van der Waals surface area contributed by atoms with Gasteiger partial charge in [-0.25, -0.2) is 9.68 Å². The van der Waals surface area contributed by atoms with Gasteiger partial charge in [-0.05, 0) is 52.4 Å². The molecule has 5 heteroatoms. The minimum Gasteiger partial charge on any atom is -0.466 e. The van der Waals surface area contributed by atoms with Crippen molar-refractivity contribution in [2.45, 2.75) is 57.7 Å². The van der Waals surface area contributed by atoms with Gasteiger partial charge >= 0.3 is 5.97 Å². The molecule has 2 N–H and O–H groups in total. The first-order chi connectivity index (χ1) is 9.72. The highest BCUT2D eigenvalue weighted by molar-refractivity contribution is 5.88. The van der Waals surface area contributed by atoms with E-state index in [0.717, 1.165) is 6.42 Å². The summed E-state index contributed by atoms with van der Waals surface area (Å²) in [5, 5.41) is 19.3. The van der Waals surface area contributed by atoms with Gasteiger partial charge in [-0.1, -0.05) is 18.2 Å². The second kappa shape index (κ2) is 7.20. The Morgan fingerprint density at radius 3 is 2.62 bits per heavy atom. The molecular weight excluding hydrogens is 272 g/mol. The monoisotopic (exact) mass is 298 g/mol. The van der Waals surface area contributed by atoms with E-state index in [1.807, 2.05) is 12.2 Å². The fourth-order valence-corrected chi connectivity index (χ4v) is 2.49. The summed E-state index contributed by atoms with van der Waals surface area (Å²) < 4.78 is 4.71. The van der Waals surface area contributed by atoms with Crippen LogP contribution in [0.1, 0.15) is 46.5 Å². The number of ether oxygens (including phenoxy) is 1. The number of carbonyl (C=O) groups is 1. The van der Waals surface area contributed by atoms with E-state index >= 15 is 0 Å². The van der Waals surface area contributed by atoms with Gasteiger partial charge in [0.05, 0.1) is 12.7 Å². The van der Waals surface area contributed by atoms with Crippen LogP contribution < -0.4 is 0 Å². The van der Waals surface area contributed by atoms with Crippen LogP contribution in [-0.4, -0.2) is 34.6 Å². The molecule has 0 unspecified atom stereocenters. The number of carbonyl (C=O) groups excluding carboxylic acids is 1. The van der Waals surface area contributed by atoms with Crippen LogP contribution in [0.2, 0.25) is 0 Å².